The molecule has 0 aliphatic carbocycles. The first-order chi connectivity index (χ1) is 10.1. The predicted molar refractivity (Wildman–Crippen MR) is 84.3 cm³/mol. The van der Waals surface area contributed by atoms with E-state index in [4.69, 9.17) is 0 Å². The van der Waals surface area contributed by atoms with Gasteiger partial charge in [0.1, 0.15) is 0 Å². The standard InChI is InChI=1S/C14H15BN2O3S/c1-10-17-12(9-21-10)6-13(18)8-16-7-11-4-2-3-5-14(11)15(19)20/h2-5,7,9,19-20H,6,8H2,1H3. The van der Waals surface area contributed by atoms with Gasteiger partial charge in [0, 0.05) is 11.6 Å². The van der Waals surface area contributed by atoms with E-state index in [9.17, 15) is 14.8 Å². The first-order valence-electron chi connectivity index (χ1n) is 6.44. The van der Waals surface area contributed by atoms with Crippen LogP contribution in [-0.2, 0) is 11.2 Å². The fraction of sp³-hybridized carbons (Fsp3) is 0.214. The summed E-state index contributed by atoms with van der Waals surface area (Å²) in [5.74, 6) is -0.0291. The molecule has 2 rings (SSSR count). The van der Waals surface area contributed by atoms with Crippen molar-refractivity contribution in [3.63, 3.8) is 0 Å². The summed E-state index contributed by atoms with van der Waals surface area (Å²) >= 11 is 1.51. The Labute approximate surface area is 127 Å². The number of carbonyl (C=O) groups excluding carboxylic acids is 1. The third-order valence-electron chi connectivity index (χ3n) is 2.82. The summed E-state index contributed by atoms with van der Waals surface area (Å²) in [6.45, 7) is 1.94. The van der Waals surface area contributed by atoms with E-state index in [1.165, 1.54) is 17.6 Å². The smallest absolute Gasteiger partial charge is 0.423 e. The van der Waals surface area contributed by atoms with Gasteiger partial charge in [-0.1, -0.05) is 24.3 Å². The molecule has 0 spiro atoms. The molecule has 2 N–H and O–H groups in total. The summed E-state index contributed by atoms with van der Waals surface area (Å²) in [4.78, 5) is 20.1. The van der Waals surface area contributed by atoms with Gasteiger partial charge >= 0.3 is 7.12 Å². The topological polar surface area (TPSA) is 82.8 Å². The molecule has 1 aromatic heterocycles. The Kier molecular flexibility index (Phi) is 5.38. The molecule has 21 heavy (non-hydrogen) atoms. The number of hydrogen-bond donors (Lipinski definition) is 2. The lowest BCUT2D eigenvalue weighted by Crippen LogP contribution is -2.32. The van der Waals surface area contributed by atoms with E-state index in [2.05, 4.69) is 9.98 Å². The van der Waals surface area contributed by atoms with Crippen LogP contribution >= 0.6 is 11.3 Å². The molecule has 0 amide bonds. The second kappa shape index (κ2) is 7.26. The maximum absolute atomic E-state index is 11.8. The number of ketones is 1. The van der Waals surface area contributed by atoms with Crippen LogP contribution in [0.3, 0.4) is 0 Å². The average Bonchev–Trinajstić information content (AvgIpc) is 2.84. The normalized spacial score (nSPS) is 11.0. The van der Waals surface area contributed by atoms with E-state index in [-0.39, 0.29) is 18.7 Å². The molecule has 1 aromatic carbocycles. The highest BCUT2D eigenvalue weighted by atomic mass is 32.1. The molecular formula is C14H15BN2O3S. The number of carbonyl (C=O) groups is 1. The number of thiazole rings is 1. The van der Waals surface area contributed by atoms with E-state index < -0.39 is 7.12 Å². The lowest BCUT2D eigenvalue weighted by Gasteiger charge is -2.03. The SMILES string of the molecule is Cc1nc(CC(=O)CN=Cc2ccccc2B(O)O)cs1. The number of Topliss-reactive ketones (excluding diaryl/α,β-unsaturated/α-hetero) is 1. The number of nitrogens with zero attached hydrogens (tertiary/aromatic N) is 2. The summed E-state index contributed by atoms with van der Waals surface area (Å²) in [5.41, 5.74) is 1.72. The van der Waals surface area contributed by atoms with Crippen LogP contribution in [0.2, 0.25) is 0 Å². The minimum absolute atomic E-state index is 0.0291. The lowest BCUT2D eigenvalue weighted by molar-refractivity contribution is -0.117. The first kappa shape index (κ1) is 15.6. The van der Waals surface area contributed by atoms with Crippen molar-refractivity contribution in [1.29, 1.82) is 0 Å². The van der Waals surface area contributed by atoms with Crippen LogP contribution in [0.15, 0.2) is 34.6 Å². The van der Waals surface area contributed by atoms with Crippen LogP contribution in [0, 0.1) is 6.92 Å². The van der Waals surface area contributed by atoms with Gasteiger partial charge in [-0.05, 0) is 17.9 Å². The molecule has 0 radical (unpaired) electrons. The number of hydrogen-bond acceptors (Lipinski definition) is 6. The molecule has 1 heterocycles. The van der Waals surface area contributed by atoms with Crippen molar-refractivity contribution in [2.75, 3.05) is 6.54 Å². The van der Waals surface area contributed by atoms with Gasteiger partial charge in [0.15, 0.2) is 5.78 Å². The van der Waals surface area contributed by atoms with Crippen molar-refractivity contribution in [2.24, 2.45) is 4.99 Å². The van der Waals surface area contributed by atoms with Crippen LogP contribution in [0.25, 0.3) is 0 Å². The van der Waals surface area contributed by atoms with Gasteiger partial charge in [-0.15, -0.1) is 11.3 Å². The summed E-state index contributed by atoms with van der Waals surface area (Å²) in [6, 6.07) is 6.80. The van der Waals surface area contributed by atoms with Crippen LogP contribution < -0.4 is 5.46 Å². The first-order valence-corrected chi connectivity index (χ1v) is 7.32. The molecule has 7 heteroatoms. The van der Waals surface area contributed by atoms with Crippen LogP contribution in [0.1, 0.15) is 16.3 Å². The van der Waals surface area contributed by atoms with Crippen LogP contribution in [-0.4, -0.2) is 40.7 Å². The third kappa shape index (κ3) is 4.59. The Balaban J connectivity index is 1.95. The summed E-state index contributed by atoms with van der Waals surface area (Å²) in [5, 5.41) is 21.3. The van der Waals surface area contributed by atoms with Crippen molar-refractivity contribution in [3.8, 4) is 0 Å². The second-order valence-corrected chi connectivity index (χ2v) is 5.61. The number of aryl methyl sites for hydroxylation is 1. The average molecular weight is 302 g/mol. The minimum Gasteiger partial charge on any atom is -0.423 e. The zero-order chi connectivity index (χ0) is 15.2. The molecule has 0 unspecified atom stereocenters. The van der Waals surface area contributed by atoms with E-state index in [1.54, 1.807) is 24.3 Å². The second-order valence-electron chi connectivity index (χ2n) is 4.55. The Morgan fingerprint density at radius 3 is 2.86 bits per heavy atom. The number of aliphatic imine (C=N–C) groups is 1. The molecule has 2 aromatic rings. The molecule has 0 fully saturated rings. The fourth-order valence-electron chi connectivity index (χ4n) is 1.86. The maximum Gasteiger partial charge on any atom is 0.489 e. The Morgan fingerprint density at radius 1 is 1.43 bits per heavy atom. The van der Waals surface area contributed by atoms with E-state index >= 15 is 0 Å². The molecule has 0 atom stereocenters. The molecule has 0 aliphatic heterocycles. The quantitative estimate of drug-likeness (QED) is 0.596. The van der Waals surface area contributed by atoms with E-state index in [0.717, 1.165) is 10.7 Å². The summed E-state index contributed by atoms with van der Waals surface area (Å²) < 4.78 is 0. The molecular weight excluding hydrogens is 287 g/mol. The van der Waals surface area contributed by atoms with Crippen molar-refractivity contribution in [2.45, 2.75) is 13.3 Å². The highest BCUT2D eigenvalue weighted by molar-refractivity contribution is 7.09. The molecule has 5 nitrogen and oxygen atoms in total. The van der Waals surface area contributed by atoms with Crippen molar-refractivity contribution >= 4 is 35.9 Å². The Bertz CT molecular complexity index is 655. The molecule has 0 saturated carbocycles. The van der Waals surface area contributed by atoms with Crippen molar-refractivity contribution in [3.05, 3.63) is 45.9 Å². The molecule has 0 bridgehead atoms. The number of rotatable bonds is 6. The van der Waals surface area contributed by atoms with Gasteiger partial charge in [0.05, 0.1) is 23.7 Å². The summed E-state index contributed by atoms with van der Waals surface area (Å²) in [6.07, 6.45) is 1.75. The van der Waals surface area contributed by atoms with Crippen LogP contribution in [0.4, 0.5) is 0 Å². The van der Waals surface area contributed by atoms with Gasteiger partial charge in [-0.3, -0.25) is 9.79 Å². The van der Waals surface area contributed by atoms with Crippen molar-refractivity contribution < 1.29 is 14.8 Å². The van der Waals surface area contributed by atoms with Crippen molar-refractivity contribution in [1.82, 2.24) is 4.98 Å². The Hall–Kier alpha value is -1.83. The molecule has 0 saturated heterocycles. The van der Waals surface area contributed by atoms with Gasteiger partial charge in [0.25, 0.3) is 0 Å². The van der Waals surface area contributed by atoms with E-state index in [1.807, 2.05) is 12.3 Å². The van der Waals surface area contributed by atoms with Gasteiger partial charge in [-0.25, -0.2) is 4.98 Å². The maximum atomic E-state index is 11.8. The van der Waals surface area contributed by atoms with Crippen LogP contribution in [0.5, 0.6) is 0 Å². The minimum atomic E-state index is -1.55. The number of benzene rings is 1. The van der Waals surface area contributed by atoms with Gasteiger partial charge in [-0.2, -0.15) is 0 Å². The zero-order valence-electron chi connectivity index (χ0n) is 11.6. The summed E-state index contributed by atoms with van der Waals surface area (Å²) in [7, 11) is -1.55. The highest BCUT2D eigenvalue weighted by Crippen LogP contribution is 2.08. The molecule has 0 aliphatic rings. The number of aromatic nitrogens is 1. The predicted octanol–water partition coefficient (Wildman–Crippen LogP) is 0.362. The van der Waals surface area contributed by atoms with Gasteiger partial charge < -0.3 is 10.0 Å². The monoisotopic (exact) mass is 302 g/mol. The third-order valence-corrected chi connectivity index (χ3v) is 3.64. The largest absolute Gasteiger partial charge is 0.489 e. The molecule has 108 valence electrons. The zero-order valence-corrected chi connectivity index (χ0v) is 12.4. The Morgan fingerprint density at radius 2 is 2.19 bits per heavy atom. The lowest BCUT2D eigenvalue weighted by atomic mass is 9.77. The van der Waals surface area contributed by atoms with Gasteiger partial charge in [0.2, 0.25) is 0 Å². The highest BCUT2D eigenvalue weighted by Gasteiger charge is 2.13. The fourth-order valence-corrected chi connectivity index (χ4v) is 2.47. The van der Waals surface area contributed by atoms with E-state index in [0.29, 0.717) is 11.0 Å².